The van der Waals surface area contributed by atoms with E-state index in [0.717, 1.165) is 23.2 Å². The number of morpholine rings is 1. The Kier molecular flexibility index (Phi) is 6.64. The van der Waals surface area contributed by atoms with Gasteiger partial charge >= 0.3 is 0 Å². The number of rotatable bonds is 5. The molecule has 1 fully saturated rings. The van der Waals surface area contributed by atoms with E-state index in [4.69, 9.17) is 32.7 Å². The van der Waals surface area contributed by atoms with Crippen molar-refractivity contribution in [1.29, 1.82) is 0 Å². The molecular formula is C18H17BrCl2N2O3. The van der Waals surface area contributed by atoms with E-state index in [1.165, 1.54) is 0 Å². The highest BCUT2D eigenvalue weighted by atomic mass is 79.9. The summed E-state index contributed by atoms with van der Waals surface area (Å²) >= 11 is 15.4. The van der Waals surface area contributed by atoms with Gasteiger partial charge in [-0.3, -0.25) is 4.79 Å². The number of ether oxygens (including phenoxy) is 2. The molecule has 1 aliphatic heterocycles. The molecule has 26 heavy (non-hydrogen) atoms. The number of anilines is 2. The predicted molar refractivity (Wildman–Crippen MR) is 108 cm³/mol. The van der Waals surface area contributed by atoms with E-state index in [9.17, 15) is 4.79 Å². The third-order valence-electron chi connectivity index (χ3n) is 3.84. The molecule has 138 valence electrons. The van der Waals surface area contributed by atoms with E-state index in [-0.39, 0.29) is 12.5 Å². The minimum Gasteiger partial charge on any atom is -0.482 e. The molecule has 2 aromatic rings. The molecule has 2 aromatic carbocycles. The standard InChI is InChI=1S/C18H17BrCl2N2O3/c19-12-1-4-16(23-5-7-25-8-6-23)15(9-12)22-18(24)11-26-17-10-13(20)2-3-14(17)21/h1-4,9-10H,5-8,11H2,(H,22,24). The van der Waals surface area contributed by atoms with Crippen LogP contribution in [-0.4, -0.2) is 38.8 Å². The normalized spacial score (nSPS) is 14.2. The molecule has 0 radical (unpaired) electrons. The number of benzene rings is 2. The van der Waals surface area contributed by atoms with Gasteiger partial charge in [0.25, 0.3) is 5.91 Å². The smallest absolute Gasteiger partial charge is 0.262 e. The number of hydrogen-bond donors (Lipinski definition) is 1. The SMILES string of the molecule is O=C(COc1cc(Cl)ccc1Cl)Nc1cc(Br)ccc1N1CCOCC1. The van der Waals surface area contributed by atoms with Crippen molar-refractivity contribution in [3.8, 4) is 5.75 Å². The van der Waals surface area contributed by atoms with Gasteiger partial charge in [0.2, 0.25) is 0 Å². The molecule has 0 saturated carbocycles. The fourth-order valence-electron chi connectivity index (χ4n) is 2.61. The number of hydrogen-bond acceptors (Lipinski definition) is 4. The summed E-state index contributed by atoms with van der Waals surface area (Å²) < 4.78 is 11.8. The Morgan fingerprint density at radius 1 is 1.19 bits per heavy atom. The highest BCUT2D eigenvalue weighted by molar-refractivity contribution is 9.10. The maximum Gasteiger partial charge on any atom is 0.262 e. The van der Waals surface area contributed by atoms with Crippen molar-refractivity contribution in [3.63, 3.8) is 0 Å². The van der Waals surface area contributed by atoms with Crippen LogP contribution in [0.4, 0.5) is 11.4 Å². The average Bonchev–Trinajstić information content (AvgIpc) is 2.63. The molecule has 0 unspecified atom stereocenters. The van der Waals surface area contributed by atoms with Gasteiger partial charge in [0.1, 0.15) is 5.75 Å². The number of halogens is 3. The maximum atomic E-state index is 12.4. The van der Waals surface area contributed by atoms with Gasteiger partial charge in [0, 0.05) is 28.7 Å². The fraction of sp³-hybridized carbons (Fsp3) is 0.278. The van der Waals surface area contributed by atoms with Crippen LogP contribution in [-0.2, 0) is 9.53 Å². The molecule has 1 amide bonds. The van der Waals surface area contributed by atoms with Gasteiger partial charge in [-0.1, -0.05) is 39.1 Å². The van der Waals surface area contributed by atoms with Crippen LogP contribution < -0.4 is 15.0 Å². The zero-order valence-corrected chi connectivity index (χ0v) is 16.9. The Morgan fingerprint density at radius 3 is 2.73 bits per heavy atom. The third-order valence-corrected chi connectivity index (χ3v) is 4.88. The van der Waals surface area contributed by atoms with Gasteiger partial charge in [0.15, 0.2) is 6.61 Å². The largest absolute Gasteiger partial charge is 0.482 e. The summed E-state index contributed by atoms with van der Waals surface area (Å²) in [4.78, 5) is 14.5. The minimum atomic E-state index is -0.284. The molecular weight excluding hydrogens is 443 g/mol. The van der Waals surface area contributed by atoms with Crippen LogP contribution in [0, 0.1) is 0 Å². The third kappa shape index (κ3) is 5.04. The van der Waals surface area contributed by atoms with E-state index < -0.39 is 0 Å². The summed E-state index contributed by atoms with van der Waals surface area (Å²) in [6, 6.07) is 10.7. The summed E-state index contributed by atoms with van der Waals surface area (Å²) in [5.74, 6) is 0.0885. The Balaban J connectivity index is 1.68. The van der Waals surface area contributed by atoms with Crippen molar-refractivity contribution in [2.24, 2.45) is 0 Å². The number of amides is 1. The highest BCUT2D eigenvalue weighted by Gasteiger charge is 2.17. The van der Waals surface area contributed by atoms with Gasteiger partial charge in [0.05, 0.1) is 29.6 Å². The van der Waals surface area contributed by atoms with Gasteiger partial charge in [-0.2, -0.15) is 0 Å². The molecule has 1 saturated heterocycles. The van der Waals surface area contributed by atoms with Crippen LogP contribution in [0.2, 0.25) is 10.0 Å². The first kappa shape index (κ1) is 19.3. The molecule has 0 spiro atoms. The van der Waals surface area contributed by atoms with Crippen LogP contribution in [0.25, 0.3) is 0 Å². The molecule has 0 aromatic heterocycles. The Morgan fingerprint density at radius 2 is 1.96 bits per heavy atom. The van der Waals surface area contributed by atoms with E-state index in [1.54, 1.807) is 18.2 Å². The Hall–Kier alpha value is -1.47. The van der Waals surface area contributed by atoms with Crippen molar-refractivity contribution >= 4 is 56.4 Å². The monoisotopic (exact) mass is 458 g/mol. The Labute approximate surface area is 170 Å². The molecule has 1 aliphatic rings. The maximum absolute atomic E-state index is 12.4. The zero-order chi connectivity index (χ0) is 18.5. The molecule has 3 rings (SSSR count). The van der Waals surface area contributed by atoms with Gasteiger partial charge in [-0.25, -0.2) is 0 Å². The van der Waals surface area contributed by atoms with E-state index >= 15 is 0 Å². The first-order valence-corrected chi connectivity index (χ1v) is 9.58. The van der Waals surface area contributed by atoms with Crippen molar-refractivity contribution in [2.45, 2.75) is 0 Å². The summed E-state index contributed by atoms with van der Waals surface area (Å²) in [5.41, 5.74) is 1.66. The van der Waals surface area contributed by atoms with Crippen LogP contribution in [0.15, 0.2) is 40.9 Å². The lowest BCUT2D eigenvalue weighted by molar-refractivity contribution is -0.118. The van der Waals surface area contributed by atoms with E-state index in [0.29, 0.717) is 34.7 Å². The second-order valence-corrected chi connectivity index (χ2v) is 7.43. The van der Waals surface area contributed by atoms with Crippen molar-refractivity contribution in [2.75, 3.05) is 43.1 Å². The molecule has 0 atom stereocenters. The number of nitrogens with one attached hydrogen (secondary N) is 1. The quantitative estimate of drug-likeness (QED) is 0.709. The summed E-state index contributed by atoms with van der Waals surface area (Å²) in [5, 5.41) is 3.79. The topological polar surface area (TPSA) is 50.8 Å². The number of carbonyl (C=O) groups excluding carboxylic acids is 1. The Bertz CT molecular complexity index is 798. The van der Waals surface area contributed by atoms with Crippen LogP contribution in [0.5, 0.6) is 5.75 Å². The second kappa shape index (κ2) is 8.95. The van der Waals surface area contributed by atoms with Gasteiger partial charge in [-0.05, 0) is 30.3 Å². The van der Waals surface area contributed by atoms with Crippen molar-refractivity contribution in [1.82, 2.24) is 0 Å². The average molecular weight is 460 g/mol. The summed E-state index contributed by atoms with van der Waals surface area (Å²) in [6.45, 7) is 2.72. The van der Waals surface area contributed by atoms with Crippen molar-refractivity contribution in [3.05, 3.63) is 50.9 Å². The molecule has 0 aliphatic carbocycles. The summed E-state index contributed by atoms with van der Waals surface area (Å²) in [6.07, 6.45) is 0. The fourth-order valence-corrected chi connectivity index (χ4v) is 3.30. The number of carbonyl (C=O) groups is 1. The zero-order valence-electron chi connectivity index (χ0n) is 13.8. The molecule has 5 nitrogen and oxygen atoms in total. The van der Waals surface area contributed by atoms with Crippen LogP contribution in [0.1, 0.15) is 0 Å². The first-order chi connectivity index (χ1) is 12.5. The summed E-state index contributed by atoms with van der Waals surface area (Å²) in [7, 11) is 0. The lowest BCUT2D eigenvalue weighted by atomic mass is 10.2. The van der Waals surface area contributed by atoms with Gasteiger partial charge < -0.3 is 19.7 Å². The molecule has 0 bridgehead atoms. The lowest BCUT2D eigenvalue weighted by Gasteiger charge is -2.30. The van der Waals surface area contributed by atoms with Crippen LogP contribution >= 0.6 is 39.1 Å². The van der Waals surface area contributed by atoms with E-state index in [1.807, 2.05) is 18.2 Å². The molecule has 1 N–H and O–H groups in total. The highest BCUT2D eigenvalue weighted by Crippen LogP contribution is 2.31. The lowest BCUT2D eigenvalue weighted by Crippen LogP contribution is -2.37. The van der Waals surface area contributed by atoms with Crippen LogP contribution in [0.3, 0.4) is 0 Å². The predicted octanol–water partition coefficient (Wildman–Crippen LogP) is 4.61. The first-order valence-electron chi connectivity index (χ1n) is 8.03. The number of nitrogens with zero attached hydrogens (tertiary/aromatic N) is 1. The molecule has 8 heteroatoms. The second-order valence-electron chi connectivity index (χ2n) is 5.67. The van der Waals surface area contributed by atoms with Gasteiger partial charge in [-0.15, -0.1) is 0 Å². The molecule has 1 heterocycles. The van der Waals surface area contributed by atoms with Crippen molar-refractivity contribution < 1.29 is 14.3 Å². The van der Waals surface area contributed by atoms with E-state index in [2.05, 4.69) is 26.1 Å². The minimum absolute atomic E-state index is 0.172.